The number of hydrogen-bond acceptors (Lipinski definition) is 5. The van der Waals surface area contributed by atoms with Crippen LogP contribution in [0.2, 0.25) is 0 Å². The molecule has 1 aromatic carbocycles. The number of nitrogens with one attached hydrogen (secondary N) is 1. The van der Waals surface area contributed by atoms with Gasteiger partial charge in [0.2, 0.25) is 0 Å². The van der Waals surface area contributed by atoms with Gasteiger partial charge in [-0.05, 0) is 50.6 Å². The second-order valence-corrected chi connectivity index (χ2v) is 7.14. The molecule has 1 N–H and O–H groups in total. The minimum atomic E-state index is 0.343. The highest BCUT2D eigenvalue weighted by molar-refractivity contribution is 5.42. The summed E-state index contributed by atoms with van der Waals surface area (Å²) in [6, 6.07) is 7.12. The second-order valence-electron chi connectivity index (χ2n) is 7.14. The zero-order chi connectivity index (χ0) is 17.6. The number of nitrogens with zero attached hydrogens (tertiary/aromatic N) is 2. The van der Waals surface area contributed by atoms with Crippen molar-refractivity contribution in [3.8, 4) is 11.5 Å². The van der Waals surface area contributed by atoms with Crippen LogP contribution in [0.4, 0.5) is 0 Å². The predicted molar refractivity (Wildman–Crippen MR) is 102 cm³/mol. The molecule has 2 aliphatic rings. The summed E-state index contributed by atoms with van der Waals surface area (Å²) in [7, 11) is 3.51. The molecule has 2 unspecified atom stereocenters. The van der Waals surface area contributed by atoms with E-state index in [9.17, 15) is 0 Å². The van der Waals surface area contributed by atoms with Crippen molar-refractivity contribution in [1.82, 2.24) is 15.1 Å². The Labute approximate surface area is 152 Å². The molecule has 0 amide bonds. The second kappa shape index (κ2) is 8.88. The Bertz CT molecular complexity index is 546. The molecule has 25 heavy (non-hydrogen) atoms. The van der Waals surface area contributed by atoms with Crippen molar-refractivity contribution in [2.45, 2.75) is 38.3 Å². The number of benzene rings is 1. The molecule has 2 aliphatic heterocycles. The number of ether oxygens (including phenoxy) is 2. The first-order chi connectivity index (χ1) is 12.3. The highest BCUT2D eigenvalue weighted by atomic mass is 16.5. The number of rotatable bonds is 7. The van der Waals surface area contributed by atoms with Gasteiger partial charge < -0.3 is 19.7 Å². The summed E-state index contributed by atoms with van der Waals surface area (Å²) in [5, 5.41) is 3.56. The van der Waals surface area contributed by atoms with Gasteiger partial charge in [-0.15, -0.1) is 0 Å². The first kappa shape index (κ1) is 18.5. The van der Waals surface area contributed by atoms with Crippen molar-refractivity contribution in [3.63, 3.8) is 0 Å². The summed E-state index contributed by atoms with van der Waals surface area (Å²) in [6.07, 6.45) is 3.80. The molecule has 2 fully saturated rings. The van der Waals surface area contributed by atoms with Crippen LogP contribution in [0.3, 0.4) is 0 Å². The lowest BCUT2D eigenvalue weighted by Gasteiger charge is -2.43. The van der Waals surface area contributed by atoms with Gasteiger partial charge in [-0.3, -0.25) is 4.90 Å². The molecule has 0 aliphatic carbocycles. The van der Waals surface area contributed by atoms with Crippen LogP contribution in [0, 0.1) is 0 Å². The van der Waals surface area contributed by atoms with Gasteiger partial charge >= 0.3 is 0 Å². The zero-order valence-electron chi connectivity index (χ0n) is 16.0. The molecule has 2 saturated heterocycles. The maximum atomic E-state index is 5.73. The molecule has 0 saturated carbocycles. The molecule has 1 aromatic rings. The van der Waals surface area contributed by atoms with Crippen LogP contribution in [0.15, 0.2) is 18.2 Å². The van der Waals surface area contributed by atoms with E-state index in [0.29, 0.717) is 12.1 Å². The average Bonchev–Trinajstić information content (AvgIpc) is 3.19. The Balaban J connectivity index is 1.94. The molecule has 140 valence electrons. The Morgan fingerprint density at radius 3 is 2.64 bits per heavy atom. The maximum Gasteiger partial charge on any atom is 0.123 e. The van der Waals surface area contributed by atoms with E-state index in [1.807, 2.05) is 12.1 Å². The van der Waals surface area contributed by atoms with Gasteiger partial charge in [-0.2, -0.15) is 0 Å². The van der Waals surface area contributed by atoms with Crippen LogP contribution in [0.5, 0.6) is 11.5 Å². The van der Waals surface area contributed by atoms with E-state index >= 15 is 0 Å². The van der Waals surface area contributed by atoms with Gasteiger partial charge in [0.1, 0.15) is 11.5 Å². The number of hydrogen-bond donors (Lipinski definition) is 1. The van der Waals surface area contributed by atoms with Crippen molar-refractivity contribution in [1.29, 1.82) is 0 Å². The Morgan fingerprint density at radius 1 is 1.16 bits per heavy atom. The normalized spacial score (nSPS) is 23.6. The third-order valence-electron chi connectivity index (χ3n) is 5.69. The minimum Gasteiger partial charge on any atom is -0.497 e. The van der Waals surface area contributed by atoms with E-state index in [4.69, 9.17) is 9.47 Å². The predicted octanol–water partition coefficient (Wildman–Crippen LogP) is 2.52. The summed E-state index contributed by atoms with van der Waals surface area (Å²) < 4.78 is 11.2. The fourth-order valence-corrected chi connectivity index (χ4v) is 4.26. The quantitative estimate of drug-likeness (QED) is 0.820. The monoisotopic (exact) mass is 347 g/mol. The smallest absolute Gasteiger partial charge is 0.123 e. The molecule has 0 aromatic heterocycles. The zero-order valence-corrected chi connectivity index (χ0v) is 16.0. The average molecular weight is 348 g/mol. The summed E-state index contributed by atoms with van der Waals surface area (Å²) in [5.41, 5.74) is 1.26. The third kappa shape index (κ3) is 4.27. The van der Waals surface area contributed by atoms with E-state index in [2.05, 4.69) is 28.1 Å². The van der Waals surface area contributed by atoms with Crippen LogP contribution < -0.4 is 14.8 Å². The SMILES string of the molecule is CCC1CNCCN1C(CN1CCCC1)c1cc(OC)ccc1OC. The molecule has 3 rings (SSSR count). The van der Waals surface area contributed by atoms with Gasteiger partial charge in [0.15, 0.2) is 0 Å². The van der Waals surface area contributed by atoms with Gasteiger partial charge in [-0.1, -0.05) is 6.92 Å². The van der Waals surface area contributed by atoms with Crippen molar-refractivity contribution < 1.29 is 9.47 Å². The molecule has 5 heteroatoms. The van der Waals surface area contributed by atoms with Crippen molar-refractivity contribution in [2.24, 2.45) is 0 Å². The lowest BCUT2D eigenvalue weighted by molar-refractivity contribution is 0.0783. The van der Waals surface area contributed by atoms with Crippen molar-refractivity contribution >= 4 is 0 Å². The lowest BCUT2D eigenvalue weighted by atomic mass is 9.98. The molecule has 2 atom stereocenters. The van der Waals surface area contributed by atoms with E-state index in [-0.39, 0.29) is 0 Å². The molecular weight excluding hydrogens is 314 g/mol. The highest BCUT2D eigenvalue weighted by Crippen LogP contribution is 2.35. The Morgan fingerprint density at radius 2 is 1.96 bits per heavy atom. The van der Waals surface area contributed by atoms with Crippen LogP contribution in [-0.4, -0.2) is 69.3 Å². The fraction of sp³-hybridized carbons (Fsp3) is 0.700. The van der Waals surface area contributed by atoms with Gasteiger partial charge in [-0.25, -0.2) is 0 Å². The number of likely N-dealkylation sites (tertiary alicyclic amines) is 1. The van der Waals surface area contributed by atoms with Crippen LogP contribution in [0.25, 0.3) is 0 Å². The molecule has 2 heterocycles. The molecule has 0 bridgehead atoms. The van der Waals surface area contributed by atoms with Crippen molar-refractivity contribution in [3.05, 3.63) is 23.8 Å². The first-order valence-corrected chi connectivity index (χ1v) is 9.67. The van der Waals surface area contributed by atoms with E-state index < -0.39 is 0 Å². The molecular formula is C20H33N3O2. The van der Waals surface area contributed by atoms with E-state index in [1.165, 1.54) is 31.5 Å². The van der Waals surface area contributed by atoms with E-state index in [0.717, 1.165) is 44.1 Å². The molecule has 0 spiro atoms. The lowest BCUT2D eigenvalue weighted by Crippen LogP contribution is -2.54. The summed E-state index contributed by atoms with van der Waals surface area (Å²) in [5.74, 6) is 1.88. The maximum absolute atomic E-state index is 5.73. The Kier molecular flexibility index (Phi) is 6.57. The first-order valence-electron chi connectivity index (χ1n) is 9.67. The summed E-state index contributed by atoms with van der Waals surface area (Å²) >= 11 is 0. The standard InChI is InChI=1S/C20H33N3O2/c1-4-16-14-21-9-12-23(16)19(15-22-10-5-6-11-22)18-13-17(24-2)7-8-20(18)25-3/h7-8,13,16,19,21H,4-6,9-12,14-15H2,1-3H3. The molecule has 5 nitrogen and oxygen atoms in total. The third-order valence-corrected chi connectivity index (χ3v) is 5.69. The largest absolute Gasteiger partial charge is 0.497 e. The number of methoxy groups -OCH3 is 2. The van der Waals surface area contributed by atoms with Crippen LogP contribution >= 0.6 is 0 Å². The Hall–Kier alpha value is -1.30. The van der Waals surface area contributed by atoms with Gasteiger partial charge in [0, 0.05) is 37.8 Å². The van der Waals surface area contributed by atoms with Crippen LogP contribution in [-0.2, 0) is 0 Å². The summed E-state index contributed by atoms with van der Waals surface area (Å²) in [4.78, 5) is 5.30. The van der Waals surface area contributed by atoms with Gasteiger partial charge in [0.05, 0.1) is 20.3 Å². The fourth-order valence-electron chi connectivity index (χ4n) is 4.26. The summed E-state index contributed by atoms with van der Waals surface area (Å²) in [6.45, 7) is 8.99. The minimum absolute atomic E-state index is 0.343. The van der Waals surface area contributed by atoms with E-state index in [1.54, 1.807) is 14.2 Å². The van der Waals surface area contributed by atoms with Crippen molar-refractivity contribution in [2.75, 3.05) is 53.5 Å². The molecule has 0 radical (unpaired) electrons. The van der Waals surface area contributed by atoms with Gasteiger partial charge in [0.25, 0.3) is 0 Å². The number of piperazine rings is 1. The van der Waals surface area contributed by atoms with Crippen LogP contribution in [0.1, 0.15) is 37.8 Å². The topological polar surface area (TPSA) is 37.0 Å². The highest BCUT2D eigenvalue weighted by Gasteiger charge is 2.32.